The van der Waals surface area contributed by atoms with Crippen LogP contribution in [0, 0.1) is 0 Å². The maximum Gasteiger partial charge on any atom is 0.333 e. The van der Waals surface area contributed by atoms with Gasteiger partial charge in [-0.2, -0.15) is 0 Å². The van der Waals surface area contributed by atoms with Crippen LogP contribution in [0.15, 0.2) is 66.7 Å². The molecule has 0 heterocycles. The zero-order valence-electron chi connectivity index (χ0n) is 11.6. The average Bonchev–Trinajstić information content (AvgIpc) is 2.46. The third-order valence-corrected chi connectivity index (χ3v) is 2.96. The molecule has 102 valence electrons. The van der Waals surface area contributed by atoms with Crippen molar-refractivity contribution in [1.82, 2.24) is 0 Å². The predicted octanol–water partition coefficient (Wildman–Crippen LogP) is 3.90. The summed E-state index contributed by atoms with van der Waals surface area (Å²) in [4.78, 5) is 11.4. The minimum absolute atomic E-state index is 0.286. The van der Waals surface area contributed by atoms with Crippen LogP contribution in [0.25, 0.3) is 0 Å². The largest absolute Gasteiger partial charge is 0.457 e. The molecule has 0 aromatic heterocycles. The highest BCUT2D eigenvalue weighted by molar-refractivity contribution is 5.86. The Labute approximate surface area is 119 Å². The average molecular weight is 266 g/mol. The summed E-state index contributed by atoms with van der Waals surface area (Å²) in [6.07, 6.45) is 0.878. The fourth-order valence-corrected chi connectivity index (χ4v) is 1.93. The minimum Gasteiger partial charge on any atom is -0.457 e. The molecule has 0 radical (unpaired) electrons. The van der Waals surface area contributed by atoms with Gasteiger partial charge in [-0.3, -0.25) is 0 Å². The van der Waals surface area contributed by atoms with E-state index in [0.29, 0.717) is 5.57 Å². The molecule has 2 aromatic carbocycles. The first-order chi connectivity index (χ1) is 9.65. The van der Waals surface area contributed by atoms with Crippen LogP contribution in [-0.4, -0.2) is 5.97 Å². The lowest BCUT2D eigenvalue weighted by atomic mass is 10.0. The van der Waals surface area contributed by atoms with Gasteiger partial charge in [0.1, 0.15) is 6.61 Å². The summed E-state index contributed by atoms with van der Waals surface area (Å²) in [6.45, 7) is 5.50. The van der Waals surface area contributed by atoms with Gasteiger partial charge in [0.15, 0.2) is 0 Å². The maximum absolute atomic E-state index is 11.4. The van der Waals surface area contributed by atoms with E-state index >= 15 is 0 Å². The molecule has 0 aliphatic rings. The van der Waals surface area contributed by atoms with Crippen molar-refractivity contribution >= 4 is 5.97 Å². The van der Waals surface area contributed by atoms with E-state index in [-0.39, 0.29) is 12.6 Å². The number of benzene rings is 2. The molecule has 0 N–H and O–H groups in total. The van der Waals surface area contributed by atoms with Gasteiger partial charge in [-0.15, -0.1) is 0 Å². The Morgan fingerprint density at radius 2 is 1.65 bits per heavy atom. The molecule has 2 rings (SSSR count). The summed E-state index contributed by atoms with van der Waals surface area (Å²) < 4.78 is 5.16. The lowest BCUT2D eigenvalue weighted by molar-refractivity contribution is -0.140. The summed E-state index contributed by atoms with van der Waals surface area (Å²) >= 11 is 0. The first-order valence-electron chi connectivity index (χ1n) is 6.59. The maximum atomic E-state index is 11.4. The van der Waals surface area contributed by atoms with Gasteiger partial charge in [0.05, 0.1) is 0 Å². The van der Waals surface area contributed by atoms with Gasteiger partial charge in [0.2, 0.25) is 0 Å². The third-order valence-electron chi connectivity index (χ3n) is 2.96. The van der Waals surface area contributed by atoms with E-state index in [0.717, 1.165) is 12.0 Å². The molecule has 0 spiro atoms. The molecule has 0 aliphatic heterocycles. The second-order valence-corrected chi connectivity index (χ2v) is 4.84. The highest BCUT2D eigenvalue weighted by atomic mass is 16.5. The highest BCUT2D eigenvalue weighted by Gasteiger charge is 2.04. The van der Waals surface area contributed by atoms with Crippen LogP contribution in [0.4, 0.5) is 0 Å². The fourth-order valence-electron chi connectivity index (χ4n) is 1.93. The van der Waals surface area contributed by atoms with E-state index < -0.39 is 0 Å². The van der Waals surface area contributed by atoms with Crippen molar-refractivity contribution < 1.29 is 9.53 Å². The van der Waals surface area contributed by atoms with Gasteiger partial charge in [0.25, 0.3) is 0 Å². The van der Waals surface area contributed by atoms with Crippen molar-refractivity contribution in [2.45, 2.75) is 20.0 Å². The van der Waals surface area contributed by atoms with Crippen LogP contribution in [0.2, 0.25) is 0 Å². The van der Waals surface area contributed by atoms with Crippen molar-refractivity contribution in [3.05, 3.63) is 83.4 Å². The zero-order chi connectivity index (χ0) is 14.4. The minimum atomic E-state index is -0.349. The van der Waals surface area contributed by atoms with Crippen LogP contribution < -0.4 is 0 Å². The normalized spacial score (nSPS) is 10.1. The number of rotatable bonds is 5. The monoisotopic (exact) mass is 266 g/mol. The topological polar surface area (TPSA) is 26.3 Å². The lowest BCUT2D eigenvalue weighted by Crippen LogP contribution is -2.05. The van der Waals surface area contributed by atoms with Crippen LogP contribution >= 0.6 is 0 Å². The second kappa shape index (κ2) is 6.71. The van der Waals surface area contributed by atoms with E-state index in [2.05, 4.69) is 30.8 Å². The molecule has 0 atom stereocenters. The summed E-state index contributed by atoms with van der Waals surface area (Å²) in [5.74, 6) is -0.349. The van der Waals surface area contributed by atoms with E-state index in [9.17, 15) is 4.79 Å². The number of ether oxygens (including phenoxy) is 1. The number of carbonyl (C=O) groups excluding carboxylic acids is 1. The quantitative estimate of drug-likeness (QED) is 0.606. The van der Waals surface area contributed by atoms with E-state index in [1.54, 1.807) is 6.92 Å². The van der Waals surface area contributed by atoms with Gasteiger partial charge < -0.3 is 4.74 Å². The van der Waals surface area contributed by atoms with Crippen LogP contribution in [-0.2, 0) is 22.6 Å². The molecular weight excluding hydrogens is 248 g/mol. The number of hydrogen-bond donors (Lipinski definition) is 0. The summed E-state index contributed by atoms with van der Waals surface area (Å²) in [5, 5.41) is 0. The van der Waals surface area contributed by atoms with Gasteiger partial charge in [-0.25, -0.2) is 4.79 Å². The Kier molecular flexibility index (Phi) is 4.72. The SMILES string of the molecule is C=C(C)C(=O)OCc1cccc(Cc2ccccc2)c1. The van der Waals surface area contributed by atoms with Crippen molar-refractivity contribution in [1.29, 1.82) is 0 Å². The number of carbonyl (C=O) groups is 1. The molecule has 0 aliphatic carbocycles. The first-order valence-corrected chi connectivity index (χ1v) is 6.59. The molecule has 0 amide bonds. The molecule has 0 bridgehead atoms. The number of esters is 1. The van der Waals surface area contributed by atoms with Crippen molar-refractivity contribution in [3.63, 3.8) is 0 Å². The zero-order valence-corrected chi connectivity index (χ0v) is 11.6. The first kappa shape index (κ1) is 14.1. The standard InChI is InChI=1S/C18H18O2/c1-14(2)18(19)20-13-17-10-6-9-16(12-17)11-15-7-4-3-5-8-15/h3-10,12H,1,11,13H2,2H3. The number of hydrogen-bond acceptors (Lipinski definition) is 2. The fraction of sp³-hybridized carbons (Fsp3) is 0.167. The molecule has 0 saturated heterocycles. The Hall–Kier alpha value is -2.35. The van der Waals surface area contributed by atoms with Crippen LogP contribution in [0.3, 0.4) is 0 Å². The molecule has 0 unspecified atom stereocenters. The van der Waals surface area contributed by atoms with Crippen LogP contribution in [0.5, 0.6) is 0 Å². The van der Waals surface area contributed by atoms with Crippen molar-refractivity contribution in [3.8, 4) is 0 Å². The predicted molar refractivity (Wildman–Crippen MR) is 80.3 cm³/mol. The van der Waals surface area contributed by atoms with Gasteiger partial charge in [0, 0.05) is 5.57 Å². The lowest BCUT2D eigenvalue weighted by Gasteiger charge is -2.07. The molecular formula is C18H18O2. The summed E-state index contributed by atoms with van der Waals surface area (Å²) in [6, 6.07) is 18.4. The molecule has 2 aromatic rings. The third kappa shape index (κ3) is 4.09. The van der Waals surface area contributed by atoms with Crippen molar-refractivity contribution in [2.75, 3.05) is 0 Å². The smallest absolute Gasteiger partial charge is 0.333 e. The van der Waals surface area contributed by atoms with Crippen molar-refractivity contribution in [2.24, 2.45) is 0 Å². The van der Waals surface area contributed by atoms with Gasteiger partial charge >= 0.3 is 5.97 Å². The van der Waals surface area contributed by atoms with E-state index in [1.807, 2.05) is 30.3 Å². The molecule has 2 heteroatoms. The van der Waals surface area contributed by atoms with Gasteiger partial charge in [-0.05, 0) is 30.0 Å². The van der Waals surface area contributed by atoms with E-state index in [4.69, 9.17) is 4.74 Å². The Morgan fingerprint density at radius 3 is 2.35 bits per heavy atom. The highest BCUT2D eigenvalue weighted by Crippen LogP contribution is 2.12. The summed E-state index contributed by atoms with van der Waals surface area (Å²) in [5.41, 5.74) is 3.89. The Balaban J connectivity index is 2.01. The van der Waals surface area contributed by atoms with E-state index in [1.165, 1.54) is 11.1 Å². The molecule has 20 heavy (non-hydrogen) atoms. The molecule has 0 fully saturated rings. The Morgan fingerprint density at radius 1 is 1.00 bits per heavy atom. The Bertz CT molecular complexity index is 600. The second-order valence-electron chi connectivity index (χ2n) is 4.84. The van der Waals surface area contributed by atoms with Gasteiger partial charge in [-0.1, -0.05) is 61.2 Å². The molecule has 2 nitrogen and oxygen atoms in total. The summed E-state index contributed by atoms with van der Waals surface area (Å²) in [7, 11) is 0. The molecule has 0 saturated carbocycles. The van der Waals surface area contributed by atoms with Crippen LogP contribution in [0.1, 0.15) is 23.6 Å².